The minimum atomic E-state index is -0.574. The van der Waals surface area contributed by atoms with E-state index in [4.69, 9.17) is 17.3 Å². The van der Waals surface area contributed by atoms with Crippen molar-refractivity contribution in [3.05, 3.63) is 27.5 Å². The Morgan fingerprint density at radius 1 is 1.64 bits per heavy atom. The first-order chi connectivity index (χ1) is 5.11. The smallest absolute Gasteiger partial charge is 0.251 e. The molecule has 0 atom stereocenters. The summed E-state index contributed by atoms with van der Waals surface area (Å²) < 4.78 is 0.576. The van der Waals surface area contributed by atoms with E-state index in [0.29, 0.717) is 4.60 Å². The quantitative estimate of drug-likeness (QED) is 0.752. The molecule has 58 valence electrons. The van der Waals surface area contributed by atoms with Gasteiger partial charge in [0.05, 0.1) is 5.56 Å². The van der Waals surface area contributed by atoms with Crippen LogP contribution in [0.25, 0.3) is 0 Å². The van der Waals surface area contributed by atoms with Crippen molar-refractivity contribution in [1.29, 1.82) is 0 Å². The second-order valence-electron chi connectivity index (χ2n) is 1.84. The third kappa shape index (κ3) is 1.91. The first-order valence-electron chi connectivity index (χ1n) is 2.73. The molecule has 1 aromatic heterocycles. The second-order valence-corrected chi connectivity index (χ2v) is 3.01. The number of hydrogen-bond donors (Lipinski definition) is 1. The third-order valence-corrected chi connectivity index (χ3v) is 1.81. The fourth-order valence-corrected chi connectivity index (χ4v) is 1.25. The molecule has 0 bridgehead atoms. The molecule has 0 aliphatic rings. The summed E-state index contributed by atoms with van der Waals surface area (Å²) in [5.41, 5.74) is 5.22. The number of pyridine rings is 1. The molecule has 0 radical (unpaired) electrons. The lowest BCUT2D eigenvalue weighted by Crippen LogP contribution is -2.11. The molecule has 0 fully saturated rings. The highest BCUT2D eigenvalue weighted by Gasteiger charge is 2.06. The number of aromatic nitrogens is 1. The van der Waals surface area contributed by atoms with Crippen LogP contribution in [0.4, 0.5) is 0 Å². The molecule has 0 aromatic carbocycles. The molecule has 0 spiro atoms. The minimum absolute atomic E-state index is 0.117. The maximum atomic E-state index is 10.6. The number of halogens is 2. The van der Waals surface area contributed by atoms with Gasteiger partial charge >= 0.3 is 0 Å². The fraction of sp³-hybridized carbons (Fsp3) is 0. The van der Waals surface area contributed by atoms with Gasteiger partial charge in [-0.1, -0.05) is 11.6 Å². The zero-order valence-corrected chi connectivity index (χ0v) is 7.69. The molecular formula is C6H4BrClN2O. The molecule has 0 saturated carbocycles. The Morgan fingerprint density at radius 2 is 2.27 bits per heavy atom. The lowest BCUT2D eigenvalue weighted by molar-refractivity contribution is 0.1000. The second kappa shape index (κ2) is 3.19. The van der Waals surface area contributed by atoms with E-state index >= 15 is 0 Å². The summed E-state index contributed by atoms with van der Waals surface area (Å²) in [5.74, 6) is -0.574. The van der Waals surface area contributed by atoms with Gasteiger partial charge in [-0.15, -0.1) is 0 Å². The highest BCUT2D eigenvalue weighted by atomic mass is 79.9. The number of amides is 1. The van der Waals surface area contributed by atoms with Gasteiger partial charge in [-0.05, 0) is 28.1 Å². The summed E-state index contributed by atoms with van der Waals surface area (Å²) in [6.07, 6.45) is 0. The van der Waals surface area contributed by atoms with E-state index < -0.39 is 5.91 Å². The molecule has 1 aromatic rings. The van der Waals surface area contributed by atoms with Gasteiger partial charge in [-0.25, -0.2) is 4.98 Å². The van der Waals surface area contributed by atoms with E-state index in [1.165, 1.54) is 6.07 Å². The Kier molecular flexibility index (Phi) is 2.46. The summed E-state index contributed by atoms with van der Waals surface area (Å²) in [5, 5.41) is 0.117. The summed E-state index contributed by atoms with van der Waals surface area (Å²) in [7, 11) is 0. The van der Waals surface area contributed by atoms with E-state index in [-0.39, 0.29) is 10.7 Å². The van der Waals surface area contributed by atoms with Gasteiger partial charge in [-0.2, -0.15) is 0 Å². The maximum absolute atomic E-state index is 10.6. The van der Waals surface area contributed by atoms with Crippen LogP contribution in [-0.4, -0.2) is 10.9 Å². The zero-order valence-electron chi connectivity index (χ0n) is 5.34. The van der Waals surface area contributed by atoms with Crippen LogP contribution in [0.15, 0.2) is 16.7 Å². The van der Waals surface area contributed by atoms with E-state index in [1.54, 1.807) is 6.07 Å². The van der Waals surface area contributed by atoms with Gasteiger partial charge in [0, 0.05) is 0 Å². The highest BCUT2D eigenvalue weighted by Crippen LogP contribution is 2.15. The van der Waals surface area contributed by atoms with Crippen LogP contribution >= 0.6 is 27.5 Å². The summed E-state index contributed by atoms with van der Waals surface area (Å²) in [6, 6.07) is 3.12. The van der Waals surface area contributed by atoms with Crippen molar-refractivity contribution in [3.63, 3.8) is 0 Å². The molecule has 11 heavy (non-hydrogen) atoms. The Bertz CT molecular complexity index is 303. The van der Waals surface area contributed by atoms with Gasteiger partial charge in [0.2, 0.25) is 0 Å². The Hall–Kier alpha value is -0.610. The van der Waals surface area contributed by atoms with Crippen molar-refractivity contribution in [2.45, 2.75) is 0 Å². The van der Waals surface area contributed by atoms with Crippen molar-refractivity contribution in [1.82, 2.24) is 4.98 Å². The predicted molar refractivity (Wildman–Crippen MR) is 45.5 cm³/mol. The molecular weight excluding hydrogens is 231 g/mol. The molecule has 0 aliphatic heterocycles. The molecule has 1 heterocycles. The van der Waals surface area contributed by atoms with Crippen LogP contribution in [0.5, 0.6) is 0 Å². The molecule has 3 nitrogen and oxygen atoms in total. The number of nitrogens with zero attached hydrogens (tertiary/aromatic N) is 1. The third-order valence-electron chi connectivity index (χ3n) is 1.08. The molecule has 0 aliphatic carbocycles. The lowest BCUT2D eigenvalue weighted by atomic mass is 10.3. The highest BCUT2D eigenvalue weighted by molar-refractivity contribution is 9.10. The monoisotopic (exact) mass is 234 g/mol. The zero-order chi connectivity index (χ0) is 8.43. The van der Waals surface area contributed by atoms with Gasteiger partial charge in [0.1, 0.15) is 9.76 Å². The van der Waals surface area contributed by atoms with Crippen molar-refractivity contribution in [2.24, 2.45) is 5.73 Å². The SMILES string of the molecule is NC(=O)c1ccc(Br)nc1Cl. The van der Waals surface area contributed by atoms with Crippen molar-refractivity contribution in [2.75, 3.05) is 0 Å². The van der Waals surface area contributed by atoms with Crippen LogP contribution in [0.2, 0.25) is 5.15 Å². The number of hydrogen-bond acceptors (Lipinski definition) is 2. The summed E-state index contributed by atoms with van der Waals surface area (Å²) in [4.78, 5) is 14.4. The summed E-state index contributed by atoms with van der Waals surface area (Å²) in [6.45, 7) is 0. The first kappa shape index (κ1) is 8.49. The largest absolute Gasteiger partial charge is 0.366 e. The Labute approximate surface area is 76.7 Å². The number of nitrogens with two attached hydrogens (primary N) is 1. The predicted octanol–water partition coefficient (Wildman–Crippen LogP) is 1.60. The lowest BCUT2D eigenvalue weighted by Gasteiger charge is -1.97. The molecule has 1 rings (SSSR count). The van der Waals surface area contributed by atoms with Crippen LogP contribution in [0, 0.1) is 0 Å². The number of primary amides is 1. The van der Waals surface area contributed by atoms with Gasteiger partial charge < -0.3 is 5.73 Å². The molecule has 0 unspecified atom stereocenters. The fourth-order valence-electron chi connectivity index (χ4n) is 0.596. The molecule has 5 heteroatoms. The molecule has 2 N–H and O–H groups in total. The average Bonchev–Trinajstić information content (AvgIpc) is 1.85. The van der Waals surface area contributed by atoms with Gasteiger partial charge in [0.15, 0.2) is 0 Å². The number of carbonyl (C=O) groups excluding carboxylic acids is 1. The van der Waals surface area contributed by atoms with Crippen molar-refractivity contribution >= 4 is 33.4 Å². The van der Waals surface area contributed by atoms with Crippen LogP contribution in [-0.2, 0) is 0 Å². The number of rotatable bonds is 1. The van der Waals surface area contributed by atoms with Crippen LogP contribution in [0.1, 0.15) is 10.4 Å². The van der Waals surface area contributed by atoms with Crippen molar-refractivity contribution in [3.8, 4) is 0 Å². The Morgan fingerprint density at radius 3 is 2.73 bits per heavy atom. The van der Waals surface area contributed by atoms with Gasteiger partial charge in [0.25, 0.3) is 5.91 Å². The first-order valence-corrected chi connectivity index (χ1v) is 3.90. The van der Waals surface area contributed by atoms with E-state index in [9.17, 15) is 4.79 Å². The Balaban J connectivity index is 3.20. The van der Waals surface area contributed by atoms with Crippen LogP contribution < -0.4 is 5.73 Å². The minimum Gasteiger partial charge on any atom is -0.366 e. The maximum Gasteiger partial charge on any atom is 0.251 e. The van der Waals surface area contributed by atoms with Gasteiger partial charge in [-0.3, -0.25) is 4.79 Å². The average molecular weight is 235 g/mol. The van der Waals surface area contributed by atoms with Crippen LogP contribution in [0.3, 0.4) is 0 Å². The number of carbonyl (C=O) groups is 1. The van der Waals surface area contributed by atoms with E-state index in [2.05, 4.69) is 20.9 Å². The molecule has 1 amide bonds. The molecule has 0 saturated heterocycles. The normalized spacial score (nSPS) is 9.64. The van der Waals surface area contributed by atoms with E-state index in [0.717, 1.165) is 0 Å². The topological polar surface area (TPSA) is 56.0 Å². The van der Waals surface area contributed by atoms with Crippen molar-refractivity contribution < 1.29 is 4.79 Å². The van der Waals surface area contributed by atoms with E-state index in [1.807, 2.05) is 0 Å². The standard InChI is InChI=1S/C6H4BrClN2O/c7-4-2-1-3(6(9)11)5(8)10-4/h1-2H,(H2,9,11). The summed E-state index contributed by atoms with van der Waals surface area (Å²) >= 11 is 8.68.